The van der Waals surface area contributed by atoms with Crippen molar-refractivity contribution in [3.05, 3.63) is 34.3 Å². The zero-order valence-electron chi connectivity index (χ0n) is 9.70. The average Bonchev–Trinajstić information content (AvgIpc) is 2.20. The maximum atomic E-state index is 11.4. The lowest BCUT2D eigenvalue weighted by Gasteiger charge is -2.38. The van der Waals surface area contributed by atoms with Crippen molar-refractivity contribution >= 4 is 17.6 Å². The molecule has 1 aliphatic carbocycles. The first-order valence-corrected chi connectivity index (χ1v) is 5.99. The first-order valence-electron chi connectivity index (χ1n) is 5.61. The Morgan fingerprint density at radius 2 is 2.24 bits per heavy atom. The van der Waals surface area contributed by atoms with Gasteiger partial charge in [-0.2, -0.15) is 0 Å². The van der Waals surface area contributed by atoms with Crippen LogP contribution in [0, 0.1) is 0 Å². The van der Waals surface area contributed by atoms with Crippen LogP contribution in [0.4, 0.5) is 0 Å². The van der Waals surface area contributed by atoms with E-state index in [1.165, 1.54) is 0 Å². The molecule has 0 spiro atoms. The smallest absolute Gasteiger partial charge is 0.314 e. The van der Waals surface area contributed by atoms with Crippen molar-refractivity contribution < 1.29 is 14.6 Å². The average molecular weight is 255 g/mol. The molecule has 0 bridgehead atoms. The molecule has 0 amide bonds. The molecule has 0 unspecified atom stereocenters. The molecule has 1 N–H and O–H groups in total. The number of carbonyl (C=O) groups is 1. The minimum absolute atomic E-state index is 0.444. The fraction of sp³-hybridized carbons (Fsp3) is 0.462. The molecular formula is C13H15ClO3. The highest BCUT2D eigenvalue weighted by Gasteiger charge is 2.45. The summed E-state index contributed by atoms with van der Waals surface area (Å²) in [6, 6.07) is 5.47. The Kier molecular flexibility index (Phi) is 3.40. The molecule has 3 nitrogen and oxygen atoms in total. The summed E-state index contributed by atoms with van der Waals surface area (Å²) >= 11 is 6.13. The van der Waals surface area contributed by atoms with E-state index < -0.39 is 11.4 Å². The van der Waals surface area contributed by atoms with Crippen LogP contribution in [-0.4, -0.2) is 18.2 Å². The van der Waals surface area contributed by atoms with Crippen molar-refractivity contribution in [2.24, 2.45) is 0 Å². The molecule has 0 saturated heterocycles. The van der Waals surface area contributed by atoms with E-state index in [9.17, 15) is 9.90 Å². The van der Waals surface area contributed by atoms with Gasteiger partial charge in [0.2, 0.25) is 0 Å². The number of rotatable bonds is 4. The molecule has 2 rings (SSSR count). The van der Waals surface area contributed by atoms with Gasteiger partial charge in [0.25, 0.3) is 0 Å². The fourth-order valence-electron chi connectivity index (χ4n) is 2.27. The highest BCUT2D eigenvalue weighted by molar-refractivity contribution is 6.31. The van der Waals surface area contributed by atoms with E-state index in [1.807, 2.05) is 12.1 Å². The Morgan fingerprint density at radius 3 is 2.65 bits per heavy atom. The van der Waals surface area contributed by atoms with Crippen LogP contribution in [0.25, 0.3) is 0 Å². The van der Waals surface area contributed by atoms with Crippen molar-refractivity contribution in [2.75, 3.05) is 7.11 Å². The monoisotopic (exact) mass is 254 g/mol. The minimum Gasteiger partial charge on any atom is -0.481 e. The summed E-state index contributed by atoms with van der Waals surface area (Å²) < 4.78 is 5.02. The number of halogens is 1. The van der Waals surface area contributed by atoms with E-state index in [-0.39, 0.29) is 0 Å². The van der Waals surface area contributed by atoms with Crippen LogP contribution in [0.3, 0.4) is 0 Å². The van der Waals surface area contributed by atoms with Gasteiger partial charge in [0, 0.05) is 12.1 Å². The first kappa shape index (κ1) is 12.4. The van der Waals surface area contributed by atoms with Gasteiger partial charge in [0.05, 0.1) is 12.0 Å². The molecule has 17 heavy (non-hydrogen) atoms. The number of ether oxygens (including phenoxy) is 1. The summed E-state index contributed by atoms with van der Waals surface area (Å²) in [5.74, 6) is -0.751. The number of carboxylic acid groups (broad SMARTS) is 1. The lowest BCUT2D eigenvalue weighted by atomic mass is 9.64. The summed E-state index contributed by atoms with van der Waals surface area (Å²) in [4.78, 5) is 11.4. The van der Waals surface area contributed by atoms with Gasteiger partial charge in [-0.25, -0.2) is 0 Å². The van der Waals surface area contributed by atoms with Gasteiger partial charge < -0.3 is 9.84 Å². The zero-order valence-corrected chi connectivity index (χ0v) is 10.5. The summed E-state index contributed by atoms with van der Waals surface area (Å²) in [5.41, 5.74) is 0.980. The number of aliphatic carboxylic acids is 1. The molecule has 0 aliphatic heterocycles. The highest BCUT2D eigenvalue weighted by atomic mass is 35.5. The van der Waals surface area contributed by atoms with E-state index in [2.05, 4.69) is 0 Å². The second-order valence-electron chi connectivity index (χ2n) is 4.48. The SMILES string of the molecule is COCc1ccc(C2(C(=O)O)CCC2)cc1Cl. The van der Waals surface area contributed by atoms with Gasteiger partial charge in [-0.1, -0.05) is 30.2 Å². The van der Waals surface area contributed by atoms with E-state index in [1.54, 1.807) is 13.2 Å². The van der Waals surface area contributed by atoms with Crippen molar-refractivity contribution in [1.29, 1.82) is 0 Å². The predicted molar refractivity (Wildman–Crippen MR) is 65.3 cm³/mol. The topological polar surface area (TPSA) is 46.5 Å². The fourth-order valence-corrected chi connectivity index (χ4v) is 2.51. The third-order valence-corrected chi connectivity index (χ3v) is 3.87. The summed E-state index contributed by atoms with van der Waals surface area (Å²) in [5, 5.41) is 9.91. The summed E-state index contributed by atoms with van der Waals surface area (Å²) in [7, 11) is 1.61. The van der Waals surface area contributed by atoms with Crippen molar-refractivity contribution in [1.82, 2.24) is 0 Å². The lowest BCUT2D eigenvalue weighted by molar-refractivity contribution is -0.147. The van der Waals surface area contributed by atoms with Gasteiger partial charge in [-0.15, -0.1) is 0 Å². The molecule has 0 aromatic heterocycles. The normalized spacial score (nSPS) is 17.5. The van der Waals surface area contributed by atoms with Gasteiger partial charge in [-0.05, 0) is 30.0 Å². The molecule has 1 aliphatic rings. The van der Waals surface area contributed by atoms with E-state index in [4.69, 9.17) is 16.3 Å². The summed E-state index contributed by atoms with van der Waals surface area (Å²) in [6.07, 6.45) is 2.36. The number of methoxy groups -OCH3 is 1. The predicted octanol–water partition coefficient (Wildman–Crippen LogP) is 2.99. The molecule has 1 fully saturated rings. The first-order chi connectivity index (χ1) is 8.10. The maximum absolute atomic E-state index is 11.4. The van der Waals surface area contributed by atoms with Crippen LogP contribution in [0.5, 0.6) is 0 Å². The van der Waals surface area contributed by atoms with Gasteiger partial charge in [0.15, 0.2) is 0 Å². The number of benzene rings is 1. The Labute approximate surface area is 105 Å². The van der Waals surface area contributed by atoms with Gasteiger partial charge in [0.1, 0.15) is 0 Å². The molecule has 4 heteroatoms. The van der Waals surface area contributed by atoms with Crippen molar-refractivity contribution in [2.45, 2.75) is 31.3 Å². The Bertz CT molecular complexity index is 438. The molecule has 1 aromatic rings. The second kappa shape index (κ2) is 4.67. The third-order valence-electron chi connectivity index (χ3n) is 3.52. The molecule has 0 atom stereocenters. The quantitative estimate of drug-likeness (QED) is 0.899. The van der Waals surface area contributed by atoms with Crippen LogP contribution < -0.4 is 0 Å². The Hall–Kier alpha value is -1.06. The minimum atomic E-state index is -0.751. The Morgan fingerprint density at radius 1 is 1.53 bits per heavy atom. The standard InChI is InChI=1S/C13H15ClO3/c1-17-8-9-3-4-10(7-11(9)14)13(12(15)16)5-2-6-13/h3-4,7H,2,5-6,8H2,1H3,(H,15,16). The second-order valence-corrected chi connectivity index (χ2v) is 4.89. The molecule has 1 saturated carbocycles. The van der Waals surface area contributed by atoms with E-state index in [0.29, 0.717) is 24.5 Å². The van der Waals surface area contributed by atoms with E-state index in [0.717, 1.165) is 17.5 Å². The van der Waals surface area contributed by atoms with Crippen LogP contribution in [-0.2, 0) is 21.6 Å². The van der Waals surface area contributed by atoms with Crippen molar-refractivity contribution in [3.8, 4) is 0 Å². The van der Waals surface area contributed by atoms with Crippen LogP contribution in [0.1, 0.15) is 30.4 Å². The zero-order chi connectivity index (χ0) is 12.5. The summed E-state index contributed by atoms with van der Waals surface area (Å²) in [6.45, 7) is 0.444. The lowest BCUT2D eigenvalue weighted by Crippen LogP contribution is -2.42. The Balaban J connectivity index is 2.34. The van der Waals surface area contributed by atoms with Crippen LogP contribution >= 0.6 is 11.6 Å². The molecular weight excluding hydrogens is 240 g/mol. The molecule has 92 valence electrons. The number of carboxylic acids is 1. The highest BCUT2D eigenvalue weighted by Crippen LogP contribution is 2.44. The molecule has 0 radical (unpaired) electrons. The van der Waals surface area contributed by atoms with Gasteiger partial charge >= 0.3 is 5.97 Å². The van der Waals surface area contributed by atoms with Crippen molar-refractivity contribution in [3.63, 3.8) is 0 Å². The van der Waals surface area contributed by atoms with Gasteiger partial charge in [-0.3, -0.25) is 4.79 Å². The van der Waals surface area contributed by atoms with E-state index >= 15 is 0 Å². The number of hydrogen-bond acceptors (Lipinski definition) is 2. The largest absolute Gasteiger partial charge is 0.481 e. The third kappa shape index (κ3) is 2.05. The van der Waals surface area contributed by atoms with Crippen LogP contribution in [0.2, 0.25) is 5.02 Å². The molecule has 0 heterocycles. The number of hydrogen-bond donors (Lipinski definition) is 1. The van der Waals surface area contributed by atoms with Crippen LogP contribution in [0.15, 0.2) is 18.2 Å². The maximum Gasteiger partial charge on any atom is 0.314 e. The molecule has 1 aromatic carbocycles.